The summed E-state index contributed by atoms with van der Waals surface area (Å²) >= 11 is 0. The van der Waals surface area contributed by atoms with Crippen molar-refractivity contribution < 1.29 is 14.3 Å². The van der Waals surface area contributed by atoms with E-state index < -0.39 is 5.60 Å². The largest absolute Gasteiger partial charge is 0.437 e. The molecule has 1 aliphatic rings. The van der Waals surface area contributed by atoms with Crippen molar-refractivity contribution in [3.63, 3.8) is 0 Å². The highest BCUT2D eigenvalue weighted by molar-refractivity contribution is 6.00. The fraction of sp³-hybridized carbons (Fsp3) is 0.0769. The highest BCUT2D eigenvalue weighted by Crippen LogP contribution is 2.29. The molecule has 1 aromatic heterocycles. The molecule has 4 nitrogen and oxygen atoms in total. The Morgan fingerprint density at radius 1 is 1.18 bits per heavy atom. The Hall–Kier alpha value is -2.20. The minimum atomic E-state index is -1.44. The van der Waals surface area contributed by atoms with Crippen LogP contribution in [0.5, 0.6) is 0 Å². The van der Waals surface area contributed by atoms with E-state index in [1.165, 1.54) is 24.3 Å². The molecule has 0 aliphatic heterocycles. The van der Waals surface area contributed by atoms with Crippen molar-refractivity contribution >= 4 is 16.9 Å². The van der Waals surface area contributed by atoms with Gasteiger partial charge in [-0.1, -0.05) is 12.1 Å². The van der Waals surface area contributed by atoms with Gasteiger partial charge in [0.25, 0.3) is 0 Å². The predicted molar refractivity (Wildman–Crippen MR) is 61.2 cm³/mol. The summed E-state index contributed by atoms with van der Waals surface area (Å²) in [4.78, 5) is 15.2. The zero-order valence-corrected chi connectivity index (χ0v) is 8.83. The molecule has 0 saturated heterocycles. The molecule has 0 bridgehead atoms. The third-order valence-electron chi connectivity index (χ3n) is 2.64. The van der Waals surface area contributed by atoms with Crippen molar-refractivity contribution in [3.8, 4) is 0 Å². The van der Waals surface area contributed by atoms with Crippen molar-refractivity contribution in [2.24, 2.45) is 0 Å². The van der Waals surface area contributed by atoms with Crippen molar-refractivity contribution in [3.05, 3.63) is 54.5 Å². The summed E-state index contributed by atoms with van der Waals surface area (Å²) in [5.41, 5.74) is -0.156. The lowest BCUT2D eigenvalue weighted by atomic mass is 9.98. The minimum Gasteiger partial charge on any atom is -0.437 e. The lowest BCUT2D eigenvalue weighted by Gasteiger charge is -2.17. The number of ketones is 1. The van der Waals surface area contributed by atoms with Gasteiger partial charge in [-0.2, -0.15) is 0 Å². The van der Waals surface area contributed by atoms with E-state index in [0.717, 1.165) is 0 Å². The van der Waals surface area contributed by atoms with Gasteiger partial charge in [0.15, 0.2) is 17.0 Å². The number of nitrogens with zero attached hydrogens (tertiary/aromatic N) is 1. The lowest BCUT2D eigenvalue weighted by molar-refractivity contribution is -0.110. The summed E-state index contributed by atoms with van der Waals surface area (Å²) in [6.07, 6.45) is 5.35. The Bertz CT molecular complexity index is 602. The first-order valence-corrected chi connectivity index (χ1v) is 5.18. The number of hydrogen-bond acceptors (Lipinski definition) is 4. The number of aromatic nitrogens is 1. The monoisotopic (exact) mass is 227 g/mol. The zero-order chi connectivity index (χ0) is 11.9. The van der Waals surface area contributed by atoms with E-state index in [1.807, 2.05) is 12.1 Å². The van der Waals surface area contributed by atoms with Crippen LogP contribution in [0.15, 0.2) is 53.0 Å². The molecule has 1 N–H and O–H groups in total. The number of oxazole rings is 1. The SMILES string of the molecule is O=C1C=CC(O)(c2nc3ccccc3o2)C=C1. The third-order valence-corrected chi connectivity index (χ3v) is 2.64. The average Bonchev–Trinajstić information content (AvgIpc) is 2.77. The van der Waals surface area contributed by atoms with Gasteiger partial charge in [0.1, 0.15) is 5.52 Å². The van der Waals surface area contributed by atoms with Crippen LogP contribution >= 0.6 is 0 Å². The number of carbonyl (C=O) groups excluding carboxylic acids is 1. The molecule has 0 saturated carbocycles. The van der Waals surface area contributed by atoms with Gasteiger partial charge in [0.2, 0.25) is 5.89 Å². The molecule has 3 rings (SSSR count). The van der Waals surface area contributed by atoms with E-state index in [1.54, 1.807) is 12.1 Å². The molecule has 1 aliphatic carbocycles. The van der Waals surface area contributed by atoms with E-state index in [-0.39, 0.29) is 11.7 Å². The number of benzene rings is 1. The summed E-state index contributed by atoms with van der Waals surface area (Å²) in [6, 6.07) is 7.25. The normalized spacial score (nSPS) is 17.8. The molecule has 1 aromatic carbocycles. The van der Waals surface area contributed by atoms with Crippen LogP contribution in [-0.4, -0.2) is 15.9 Å². The van der Waals surface area contributed by atoms with Gasteiger partial charge in [0.05, 0.1) is 0 Å². The van der Waals surface area contributed by atoms with Gasteiger partial charge in [-0.3, -0.25) is 4.79 Å². The highest BCUT2D eigenvalue weighted by Gasteiger charge is 2.31. The number of fused-ring (bicyclic) bond motifs is 1. The van der Waals surface area contributed by atoms with Gasteiger partial charge < -0.3 is 9.52 Å². The molecule has 0 amide bonds. The van der Waals surface area contributed by atoms with Crippen LogP contribution in [0.2, 0.25) is 0 Å². The Balaban J connectivity index is 2.12. The van der Waals surface area contributed by atoms with Gasteiger partial charge in [-0.15, -0.1) is 0 Å². The lowest BCUT2D eigenvalue weighted by Crippen LogP contribution is -2.23. The maximum Gasteiger partial charge on any atom is 0.235 e. The number of allylic oxidation sites excluding steroid dienone is 2. The fourth-order valence-corrected chi connectivity index (χ4v) is 1.72. The van der Waals surface area contributed by atoms with Crippen molar-refractivity contribution in [2.75, 3.05) is 0 Å². The second-order valence-electron chi connectivity index (χ2n) is 3.88. The summed E-state index contributed by atoms with van der Waals surface area (Å²) in [7, 11) is 0. The Morgan fingerprint density at radius 2 is 1.88 bits per heavy atom. The number of rotatable bonds is 1. The summed E-state index contributed by atoms with van der Waals surface area (Å²) in [5.74, 6) is 0.00415. The van der Waals surface area contributed by atoms with Crippen LogP contribution in [0.25, 0.3) is 11.1 Å². The van der Waals surface area contributed by atoms with E-state index >= 15 is 0 Å². The zero-order valence-electron chi connectivity index (χ0n) is 8.83. The van der Waals surface area contributed by atoms with Crippen molar-refractivity contribution in [1.82, 2.24) is 4.98 Å². The van der Waals surface area contributed by atoms with E-state index in [9.17, 15) is 9.90 Å². The standard InChI is InChI=1S/C13H9NO3/c15-9-5-7-13(16,8-6-9)12-14-10-3-1-2-4-11(10)17-12/h1-8,16H. The van der Waals surface area contributed by atoms with Crippen LogP contribution in [0.1, 0.15) is 5.89 Å². The number of hydrogen-bond donors (Lipinski definition) is 1. The Kier molecular flexibility index (Phi) is 2.00. The van der Waals surface area contributed by atoms with Gasteiger partial charge in [-0.25, -0.2) is 4.98 Å². The molecule has 17 heavy (non-hydrogen) atoms. The smallest absolute Gasteiger partial charge is 0.235 e. The molecule has 4 heteroatoms. The molecule has 0 atom stereocenters. The second-order valence-corrected chi connectivity index (χ2v) is 3.88. The number of carbonyl (C=O) groups is 1. The molecule has 84 valence electrons. The predicted octanol–water partition coefficient (Wildman–Crippen LogP) is 1.71. The number of para-hydroxylation sites is 2. The van der Waals surface area contributed by atoms with E-state index in [2.05, 4.69) is 4.98 Å². The molecule has 0 spiro atoms. The van der Waals surface area contributed by atoms with E-state index in [0.29, 0.717) is 11.1 Å². The van der Waals surface area contributed by atoms with E-state index in [4.69, 9.17) is 4.42 Å². The average molecular weight is 227 g/mol. The fourth-order valence-electron chi connectivity index (χ4n) is 1.72. The van der Waals surface area contributed by atoms with Gasteiger partial charge >= 0.3 is 0 Å². The third kappa shape index (κ3) is 1.59. The molecule has 0 radical (unpaired) electrons. The minimum absolute atomic E-state index is 0.161. The Morgan fingerprint density at radius 3 is 2.59 bits per heavy atom. The molecular weight excluding hydrogens is 218 g/mol. The first-order chi connectivity index (χ1) is 8.17. The first kappa shape index (κ1) is 9.99. The highest BCUT2D eigenvalue weighted by atomic mass is 16.4. The van der Waals surface area contributed by atoms with Gasteiger partial charge in [0, 0.05) is 0 Å². The molecule has 2 aromatic rings. The van der Waals surface area contributed by atoms with Crippen LogP contribution < -0.4 is 0 Å². The van der Waals surface area contributed by atoms with Crippen LogP contribution in [0, 0.1) is 0 Å². The summed E-state index contributed by atoms with van der Waals surface area (Å²) in [5, 5.41) is 10.3. The summed E-state index contributed by atoms with van der Waals surface area (Å²) < 4.78 is 5.47. The maximum atomic E-state index is 11.0. The summed E-state index contributed by atoms with van der Waals surface area (Å²) in [6.45, 7) is 0. The molecule has 0 fully saturated rings. The van der Waals surface area contributed by atoms with Crippen molar-refractivity contribution in [1.29, 1.82) is 0 Å². The van der Waals surface area contributed by atoms with Crippen LogP contribution in [0.3, 0.4) is 0 Å². The molecule has 0 unspecified atom stereocenters. The topological polar surface area (TPSA) is 63.3 Å². The van der Waals surface area contributed by atoms with Crippen molar-refractivity contribution in [2.45, 2.75) is 5.60 Å². The molecule has 1 heterocycles. The molecular formula is C13H9NO3. The number of aliphatic hydroxyl groups is 1. The van der Waals surface area contributed by atoms with Crippen LogP contribution in [-0.2, 0) is 10.4 Å². The second kappa shape index (κ2) is 3.40. The van der Waals surface area contributed by atoms with Crippen LogP contribution in [0.4, 0.5) is 0 Å². The maximum absolute atomic E-state index is 11.0. The first-order valence-electron chi connectivity index (χ1n) is 5.18. The quantitative estimate of drug-likeness (QED) is 0.805. The van der Waals surface area contributed by atoms with Gasteiger partial charge in [-0.05, 0) is 36.4 Å². The Labute approximate surface area is 96.9 Å².